The average Bonchev–Trinajstić information content (AvgIpc) is 3.45. The number of sulfone groups is 1. The molecule has 2 heterocycles. The number of nitrogens with zero attached hydrogens (tertiary/aromatic N) is 2. The van der Waals surface area contributed by atoms with Crippen LogP contribution in [0.3, 0.4) is 0 Å². The van der Waals surface area contributed by atoms with E-state index in [-0.39, 0.29) is 18.1 Å². The van der Waals surface area contributed by atoms with E-state index in [2.05, 4.69) is 15.2 Å². The molecule has 0 spiro atoms. The van der Waals surface area contributed by atoms with E-state index in [4.69, 9.17) is 4.42 Å². The van der Waals surface area contributed by atoms with E-state index in [0.717, 1.165) is 30.8 Å². The summed E-state index contributed by atoms with van der Waals surface area (Å²) in [6, 6.07) is 13.9. The second-order valence-corrected chi connectivity index (χ2v) is 11.0. The number of oxazole rings is 1. The van der Waals surface area contributed by atoms with E-state index >= 15 is 0 Å². The third-order valence-corrected chi connectivity index (χ3v) is 7.47. The zero-order valence-corrected chi connectivity index (χ0v) is 20.6. The highest BCUT2D eigenvalue weighted by molar-refractivity contribution is 7.91. The maximum absolute atomic E-state index is 13.0. The minimum absolute atomic E-state index is 0.265. The van der Waals surface area contributed by atoms with Gasteiger partial charge in [0.2, 0.25) is 11.8 Å². The lowest BCUT2D eigenvalue weighted by molar-refractivity contribution is -0.118. The first-order valence-corrected chi connectivity index (χ1v) is 13.6. The van der Waals surface area contributed by atoms with Gasteiger partial charge >= 0.3 is 0 Å². The van der Waals surface area contributed by atoms with Gasteiger partial charge in [0.15, 0.2) is 9.84 Å². The van der Waals surface area contributed by atoms with Crippen molar-refractivity contribution in [2.75, 3.05) is 25.4 Å². The first kappa shape index (κ1) is 25.1. The highest BCUT2D eigenvalue weighted by Crippen LogP contribution is 2.24. The molecule has 1 fully saturated rings. The van der Waals surface area contributed by atoms with Gasteiger partial charge in [-0.15, -0.1) is 0 Å². The molecule has 1 aliphatic rings. The maximum Gasteiger partial charge on any atom is 0.235 e. The molecule has 7 nitrogen and oxygen atoms in total. The number of carbonyl (C=O) groups is 1. The van der Waals surface area contributed by atoms with Crippen LogP contribution in [0.25, 0.3) is 11.5 Å². The van der Waals surface area contributed by atoms with Gasteiger partial charge in [-0.2, -0.15) is 0 Å². The number of nitrogens with one attached hydrogen (secondary N) is 1. The summed E-state index contributed by atoms with van der Waals surface area (Å²) in [5, 5.41) is 2.61. The Hall–Kier alpha value is -3.04. The van der Waals surface area contributed by atoms with Gasteiger partial charge in [-0.3, -0.25) is 9.69 Å². The molecule has 1 aromatic heterocycles. The Morgan fingerprint density at radius 3 is 2.40 bits per heavy atom. The Bertz CT molecular complexity index is 1250. The van der Waals surface area contributed by atoms with E-state index < -0.39 is 21.5 Å². The fourth-order valence-corrected chi connectivity index (χ4v) is 5.43. The van der Waals surface area contributed by atoms with Crippen LogP contribution in [0.15, 0.2) is 52.9 Å². The van der Waals surface area contributed by atoms with Crippen molar-refractivity contribution in [3.63, 3.8) is 0 Å². The Morgan fingerprint density at radius 2 is 1.71 bits per heavy atom. The van der Waals surface area contributed by atoms with Gasteiger partial charge in [-0.05, 0) is 74.7 Å². The molecule has 186 valence electrons. The number of rotatable bonds is 10. The number of halogens is 1. The lowest BCUT2D eigenvalue weighted by atomic mass is 10.1. The van der Waals surface area contributed by atoms with Gasteiger partial charge in [-0.25, -0.2) is 17.8 Å². The molecule has 4 rings (SSSR count). The monoisotopic (exact) mass is 499 g/mol. The molecule has 0 aliphatic carbocycles. The predicted molar refractivity (Wildman–Crippen MR) is 132 cm³/mol. The second kappa shape index (κ2) is 11.1. The van der Waals surface area contributed by atoms with Crippen LogP contribution in [0.5, 0.6) is 0 Å². The highest BCUT2D eigenvalue weighted by atomic mass is 32.2. The maximum atomic E-state index is 13.0. The quantitative estimate of drug-likeness (QED) is 0.458. The minimum atomic E-state index is -3.74. The Kier molecular flexibility index (Phi) is 7.97. The van der Waals surface area contributed by atoms with E-state index in [1.807, 2.05) is 24.3 Å². The van der Waals surface area contributed by atoms with Crippen molar-refractivity contribution >= 4 is 15.7 Å². The van der Waals surface area contributed by atoms with Crippen molar-refractivity contribution in [1.29, 1.82) is 0 Å². The van der Waals surface area contributed by atoms with Crippen LogP contribution in [0.1, 0.15) is 35.4 Å². The van der Waals surface area contributed by atoms with Crippen molar-refractivity contribution in [2.45, 2.75) is 38.5 Å². The van der Waals surface area contributed by atoms with Crippen LogP contribution in [0, 0.1) is 12.7 Å². The summed E-state index contributed by atoms with van der Waals surface area (Å²) in [5.74, 6) is -1.14. The largest absolute Gasteiger partial charge is 0.441 e. The molecule has 2 aromatic carbocycles. The summed E-state index contributed by atoms with van der Waals surface area (Å²) in [6.07, 6.45) is 2.97. The second-order valence-electron chi connectivity index (χ2n) is 8.96. The van der Waals surface area contributed by atoms with Crippen LogP contribution >= 0.6 is 0 Å². The summed E-state index contributed by atoms with van der Waals surface area (Å²) < 4.78 is 43.9. The van der Waals surface area contributed by atoms with Gasteiger partial charge in [0, 0.05) is 18.7 Å². The third-order valence-electron chi connectivity index (χ3n) is 6.06. The molecule has 1 amide bonds. The van der Waals surface area contributed by atoms with Gasteiger partial charge in [0.25, 0.3) is 0 Å². The molecule has 1 saturated heterocycles. The van der Waals surface area contributed by atoms with Crippen molar-refractivity contribution in [3.8, 4) is 11.5 Å². The van der Waals surface area contributed by atoms with Gasteiger partial charge in [-0.1, -0.05) is 24.3 Å². The summed E-state index contributed by atoms with van der Waals surface area (Å²) in [7, 11) is -3.74. The van der Waals surface area contributed by atoms with Crippen LogP contribution < -0.4 is 5.32 Å². The van der Waals surface area contributed by atoms with Crippen LogP contribution in [0.2, 0.25) is 0 Å². The predicted octanol–water partition coefficient (Wildman–Crippen LogP) is 3.66. The Balaban J connectivity index is 1.30. The van der Waals surface area contributed by atoms with Gasteiger partial charge in [0.05, 0.1) is 11.4 Å². The third kappa shape index (κ3) is 7.22. The number of aromatic nitrogens is 1. The standard InChI is InChI=1S/C26H30FN3O4S/c1-19-24(17-35(32,33)18-25(31)28-13-12-20-6-10-23(27)11-7-20)29-26(34-19)22-8-4-21(5-9-22)16-30-14-2-3-15-30/h4-11H,2-3,12-18H2,1H3,(H,28,31). The zero-order valence-electron chi connectivity index (χ0n) is 19.8. The topological polar surface area (TPSA) is 92.5 Å². The number of likely N-dealkylation sites (tertiary alicyclic amines) is 1. The molecule has 3 aromatic rings. The van der Waals surface area contributed by atoms with Crippen LogP contribution in [0.4, 0.5) is 4.39 Å². The minimum Gasteiger partial charge on any atom is -0.441 e. The molecular weight excluding hydrogens is 469 g/mol. The molecule has 1 N–H and O–H groups in total. The molecule has 9 heteroatoms. The summed E-state index contributed by atoms with van der Waals surface area (Å²) in [5.41, 5.74) is 3.15. The molecule has 0 radical (unpaired) electrons. The number of hydrogen-bond donors (Lipinski definition) is 1. The van der Waals surface area contributed by atoms with E-state index in [1.54, 1.807) is 19.1 Å². The number of carbonyl (C=O) groups excluding carboxylic acids is 1. The Labute approximate surface area is 205 Å². The van der Waals surface area contributed by atoms with Gasteiger partial charge < -0.3 is 9.73 Å². The van der Waals surface area contributed by atoms with Crippen molar-refractivity contribution in [1.82, 2.24) is 15.2 Å². The van der Waals surface area contributed by atoms with Gasteiger partial charge in [0.1, 0.15) is 17.3 Å². The average molecular weight is 500 g/mol. The molecule has 35 heavy (non-hydrogen) atoms. The molecule has 0 atom stereocenters. The lowest BCUT2D eigenvalue weighted by Crippen LogP contribution is -2.32. The normalized spacial score (nSPS) is 14.3. The van der Waals surface area contributed by atoms with Crippen molar-refractivity contribution in [3.05, 3.63) is 76.9 Å². The van der Waals surface area contributed by atoms with E-state index in [1.165, 1.54) is 30.5 Å². The first-order valence-electron chi connectivity index (χ1n) is 11.8. The van der Waals surface area contributed by atoms with Crippen LogP contribution in [-0.2, 0) is 33.4 Å². The number of amides is 1. The highest BCUT2D eigenvalue weighted by Gasteiger charge is 2.22. The fraction of sp³-hybridized carbons (Fsp3) is 0.385. The molecule has 0 bridgehead atoms. The number of hydrogen-bond acceptors (Lipinski definition) is 6. The summed E-state index contributed by atoms with van der Waals surface area (Å²) in [6.45, 7) is 5.11. The summed E-state index contributed by atoms with van der Waals surface area (Å²) >= 11 is 0. The fourth-order valence-electron chi connectivity index (χ4n) is 4.14. The van der Waals surface area contributed by atoms with Crippen LogP contribution in [-0.4, -0.2) is 49.6 Å². The smallest absolute Gasteiger partial charge is 0.235 e. The Morgan fingerprint density at radius 1 is 1.06 bits per heavy atom. The zero-order chi connectivity index (χ0) is 24.8. The van der Waals surface area contributed by atoms with E-state index in [9.17, 15) is 17.6 Å². The first-order chi connectivity index (χ1) is 16.8. The summed E-state index contributed by atoms with van der Waals surface area (Å²) in [4.78, 5) is 19.0. The molecule has 0 saturated carbocycles. The van der Waals surface area contributed by atoms with E-state index in [0.29, 0.717) is 23.8 Å². The molecule has 0 unspecified atom stereocenters. The van der Waals surface area contributed by atoms with Crippen molar-refractivity contribution < 1.29 is 22.0 Å². The number of benzene rings is 2. The number of aryl methyl sites for hydroxylation is 1. The van der Waals surface area contributed by atoms with Crippen molar-refractivity contribution in [2.24, 2.45) is 0 Å². The SMILES string of the molecule is Cc1oc(-c2ccc(CN3CCCC3)cc2)nc1CS(=O)(=O)CC(=O)NCCc1ccc(F)cc1. The lowest BCUT2D eigenvalue weighted by Gasteiger charge is -2.14. The molecule has 1 aliphatic heterocycles. The molecular formula is C26H30FN3O4S.